The van der Waals surface area contributed by atoms with Crippen LogP contribution in [0.4, 0.5) is 4.79 Å². The second kappa shape index (κ2) is 7.26. The van der Waals surface area contributed by atoms with Gasteiger partial charge in [-0.2, -0.15) is 0 Å². The summed E-state index contributed by atoms with van der Waals surface area (Å²) in [6.45, 7) is 1.41. The minimum Gasteiger partial charge on any atom is -0.396 e. The lowest BCUT2D eigenvalue weighted by molar-refractivity contribution is 0.107. The number of aromatic amines is 1. The van der Waals surface area contributed by atoms with Crippen molar-refractivity contribution in [2.75, 3.05) is 19.8 Å². The Kier molecular flexibility index (Phi) is 5.36. The predicted octanol–water partition coefficient (Wildman–Crippen LogP) is 0.571. The molecule has 0 saturated heterocycles. The summed E-state index contributed by atoms with van der Waals surface area (Å²) < 4.78 is 0. The molecule has 0 aliphatic carbocycles. The van der Waals surface area contributed by atoms with Crippen LogP contribution in [-0.4, -0.2) is 45.9 Å². The maximum atomic E-state index is 11.9. The van der Waals surface area contributed by atoms with Gasteiger partial charge in [-0.3, -0.25) is 4.79 Å². The summed E-state index contributed by atoms with van der Waals surface area (Å²) in [6.07, 6.45) is 1.57. The number of aliphatic hydroxyl groups excluding tert-OH is 2. The average Bonchev–Trinajstić information content (AvgIpc) is 2.56. The number of hydrogen-bond acceptors (Lipinski definition) is 4. The lowest BCUT2D eigenvalue weighted by Gasteiger charge is -2.31. The van der Waals surface area contributed by atoms with Crippen LogP contribution >= 0.6 is 0 Å². The van der Waals surface area contributed by atoms with Crippen LogP contribution in [0.3, 0.4) is 0 Å². The fraction of sp³-hybridized carbons (Fsp3) is 0.375. The molecule has 2 amide bonds. The zero-order valence-corrected chi connectivity index (χ0v) is 12.9. The molecule has 1 unspecified atom stereocenters. The second-order valence-electron chi connectivity index (χ2n) is 5.52. The van der Waals surface area contributed by atoms with Crippen LogP contribution in [-0.2, 0) is 0 Å². The Morgan fingerprint density at radius 1 is 1.26 bits per heavy atom. The van der Waals surface area contributed by atoms with Gasteiger partial charge in [0.2, 0.25) is 0 Å². The van der Waals surface area contributed by atoms with Crippen LogP contribution in [0.2, 0.25) is 0 Å². The lowest BCUT2D eigenvalue weighted by atomic mass is 10.0. The van der Waals surface area contributed by atoms with Crippen LogP contribution in [0.25, 0.3) is 10.8 Å². The molecule has 0 saturated carbocycles. The number of nitrogens with one attached hydrogen (secondary N) is 1. The number of carbonyl (C=O) groups excluding carboxylic acids is 1. The normalized spacial score (nSPS) is 12.5. The summed E-state index contributed by atoms with van der Waals surface area (Å²) in [7, 11) is 0. The molecule has 0 spiro atoms. The van der Waals surface area contributed by atoms with Gasteiger partial charge in [0, 0.05) is 37.3 Å². The van der Waals surface area contributed by atoms with Gasteiger partial charge in [-0.1, -0.05) is 18.2 Å². The molecular weight excluding hydrogens is 298 g/mol. The molecular formula is C16H21N3O4. The quantitative estimate of drug-likeness (QED) is 0.622. The molecule has 124 valence electrons. The summed E-state index contributed by atoms with van der Waals surface area (Å²) in [5.74, 6) is -0.473. The van der Waals surface area contributed by atoms with E-state index in [2.05, 4.69) is 4.98 Å². The van der Waals surface area contributed by atoms with E-state index in [1.54, 1.807) is 25.3 Å². The number of benzene rings is 1. The van der Waals surface area contributed by atoms with Crippen molar-refractivity contribution in [1.82, 2.24) is 9.88 Å². The molecule has 7 nitrogen and oxygen atoms in total. The van der Waals surface area contributed by atoms with Crippen molar-refractivity contribution in [1.29, 1.82) is 0 Å². The fourth-order valence-electron chi connectivity index (χ4n) is 2.64. The number of aromatic nitrogens is 1. The van der Waals surface area contributed by atoms with Crippen LogP contribution < -0.4 is 11.3 Å². The van der Waals surface area contributed by atoms with Gasteiger partial charge in [-0.25, -0.2) is 4.79 Å². The van der Waals surface area contributed by atoms with E-state index >= 15 is 0 Å². The third kappa shape index (κ3) is 3.52. The van der Waals surface area contributed by atoms with Crippen molar-refractivity contribution in [3.63, 3.8) is 0 Å². The number of nitrogens with zero attached hydrogens (tertiary/aromatic N) is 1. The number of pyridine rings is 1. The molecule has 5 N–H and O–H groups in total. The van der Waals surface area contributed by atoms with E-state index in [-0.39, 0.29) is 25.3 Å². The largest absolute Gasteiger partial charge is 0.396 e. The monoisotopic (exact) mass is 319 g/mol. The van der Waals surface area contributed by atoms with E-state index in [0.717, 1.165) is 10.9 Å². The van der Waals surface area contributed by atoms with Crippen LogP contribution in [0.1, 0.15) is 18.5 Å². The molecule has 0 aliphatic heterocycles. The minimum absolute atomic E-state index is 0.122. The number of rotatable bonds is 6. The zero-order valence-electron chi connectivity index (χ0n) is 12.9. The van der Waals surface area contributed by atoms with Gasteiger partial charge >= 0.3 is 6.03 Å². The Hall–Kier alpha value is -2.38. The Balaban J connectivity index is 2.45. The molecule has 2 rings (SSSR count). The van der Waals surface area contributed by atoms with Crippen molar-refractivity contribution in [3.05, 3.63) is 46.4 Å². The van der Waals surface area contributed by atoms with Crippen molar-refractivity contribution < 1.29 is 15.0 Å². The van der Waals surface area contributed by atoms with E-state index in [9.17, 15) is 19.8 Å². The number of H-pyrrole nitrogens is 1. The smallest absolute Gasteiger partial charge is 0.315 e. The molecule has 7 heteroatoms. The van der Waals surface area contributed by atoms with Crippen LogP contribution in [0.5, 0.6) is 0 Å². The predicted molar refractivity (Wildman–Crippen MR) is 86.9 cm³/mol. The first-order chi connectivity index (χ1) is 11.0. The Bertz CT molecular complexity index is 739. The zero-order chi connectivity index (χ0) is 17.0. The number of hydrogen-bond donors (Lipinski definition) is 4. The summed E-state index contributed by atoms with van der Waals surface area (Å²) in [5, 5.41) is 19.7. The number of nitrogens with two attached hydrogens (primary N) is 1. The van der Waals surface area contributed by atoms with E-state index in [1.807, 2.05) is 12.1 Å². The topological polar surface area (TPSA) is 120 Å². The highest BCUT2D eigenvalue weighted by atomic mass is 16.3. The number of aliphatic hydroxyl groups is 2. The Labute approximate surface area is 133 Å². The molecule has 2 aromatic rings. The van der Waals surface area contributed by atoms with Crippen molar-refractivity contribution in [3.8, 4) is 0 Å². The highest BCUT2D eigenvalue weighted by Gasteiger charge is 2.24. The average molecular weight is 319 g/mol. The maximum Gasteiger partial charge on any atom is 0.315 e. The Morgan fingerprint density at radius 2 is 1.87 bits per heavy atom. The van der Waals surface area contributed by atoms with Gasteiger partial charge in [-0.05, 0) is 23.9 Å². The van der Waals surface area contributed by atoms with Crippen LogP contribution in [0, 0.1) is 5.92 Å². The molecule has 1 atom stereocenters. The number of primary amides is 1. The van der Waals surface area contributed by atoms with Crippen LogP contribution in [0.15, 0.2) is 35.3 Å². The van der Waals surface area contributed by atoms with E-state index < -0.39 is 18.0 Å². The highest BCUT2D eigenvalue weighted by molar-refractivity contribution is 5.85. The highest BCUT2D eigenvalue weighted by Crippen LogP contribution is 2.26. The maximum absolute atomic E-state index is 11.9. The second-order valence-corrected chi connectivity index (χ2v) is 5.52. The number of fused-ring (bicyclic) bond motifs is 1. The first-order valence-corrected chi connectivity index (χ1v) is 7.37. The molecule has 0 aliphatic rings. The Morgan fingerprint density at radius 3 is 2.43 bits per heavy atom. The number of amides is 2. The number of urea groups is 1. The van der Waals surface area contributed by atoms with Gasteiger partial charge < -0.3 is 25.8 Å². The molecule has 23 heavy (non-hydrogen) atoms. The molecule has 1 aromatic carbocycles. The van der Waals surface area contributed by atoms with Crippen molar-refractivity contribution in [2.45, 2.75) is 13.0 Å². The fourth-order valence-corrected chi connectivity index (χ4v) is 2.64. The minimum atomic E-state index is -0.653. The first-order valence-electron chi connectivity index (χ1n) is 7.37. The lowest BCUT2D eigenvalue weighted by Crippen LogP contribution is -2.42. The molecule has 0 radical (unpaired) electrons. The molecule has 1 aromatic heterocycles. The summed E-state index contributed by atoms with van der Waals surface area (Å²) in [5.41, 5.74) is 6.00. The molecule has 0 fully saturated rings. The van der Waals surface area contributed by atoms with Gasteiger partial charge in [0.1, 0.15) is 0 Å². The molecule has 1 heterocycles. The van der Waals surface area contributed by atoms with Gasteiger partial charge in [-0.15, -0.1) is 0 Å². The summed E-state index contributed by atoms with van der Waals surface area (Å²) in [6, 6.07) is 6.03. The van der Waals surface area contributed by atoms with Gasteiger partial charge in [0.05, 0.1) is 6.04 Å². The first kappa shape index (κ1) is 17.0. The molecule has 0 bridgehead atoms. The van der Waals surface area contributed by atoms with E-state index in [4.69, 9.17) is 5.73 Å². The van der Waals surface area contributed by atoms with Crippen molar-refractivity contribution >= 4 is 16.8 Å². The SMILES string of the molecule is CC(c1c[nH]c(=O)c2ccccc12)N(CC(CO)CO)C(N)=O. The number of carbonyl (C=O) groups is 1. The van der Waals surface area contributed by atoms with Crippen molar-refractivity contribution in [2.24, 2.45) is 11.7 Å². The summed E-state index contributed by atoms with van der Waals surface area (Å²) >= 11 is 0. The van der Waals surface area contributed by atoms with E-state index in [0.29, 0.717) is 5.39 Å². The third-order valence-corrected chi connectivity index (χ3v) is 4.01. The summed E-state index contributed by atoms with van der Waals surface area (Å²) in [4.78, 5) is 27.7. The standard InChI is InChI=1S/C16H21N3O4/c1-10(19(16(17)23)7-11(8-20)9-21)14-6-18-15(22)13-5-3-2-4-12(13)14/h2-6,10-11,20-21H,7-9H2,1H3,(H2,17,23)(H,18,22). The van der Waals surface area contributed by atoms with Gasteiger partial charge in [0.15, 0.2) is 0 Å². The third-order valence-electron chi connectivity index (χ3n) is 4.01. The van der Waals surface area contributed by atoms with E-state index in [1.165, 1.54) is 4.90 Å². The van der Waals surface area contributed by atoms with Gasteiger partial charge in [0.25, 0.3) is 5.56 Å².